The van der Waals surface area contributed by atoms with E-state index in [2.05, 4.69) is 0 Å². The lowest BCUT2D eigenvalue weighted by Crippen LogP contribution is -2.24. The molecule has 0 spiro atoms. The number of rotatable bonds is 5. The van der Waals surface area contributed by atoms with Crippen molar-refractivity contribution in [3.05, 3.63) is 35.4 Å². The predicted octanol–water partition coefficient (Wildman–Crippen LogP) is 1.99. The van der Waals surface area contributed by atoms with Gasteiger partial charge in [-0.05, 0) is 43.0 Å². The Morgan fingerprint density at radius 1 is 1.19 bits per heavy atom. The minimum Gasteiger partial charge on any atom is -0.330 e. The Kier molecular flexibility index (Phi) is 4.83. The van der Waals surface area contributed by atoms with Gasteiger partial charge in [0.2, 0.25) is 0 Å². The lowest BCUT2D eigenvalue weighted by Gasteiger charge is -2.18. The molecule has 1 aromatic rings. The first kappa shape index (κ1) is 13.1. The molecular formula is C12H18F2N2. The molecule has 0 amide bonds. The Hall–Kier alpha value is -1.00. The molecule has 1 unspecified atom stereocenters. The van der Waals surface area contributed by atoms with Gasteiger partial charge in [0, 0.05) is 0 Å². The van der Waals surface area contributed by atoms with Crippen LogP contribution in [-0.2, 0) is 0 Å². The molecule has 0 aromatic heterocycles. The van der Waals surface area contributed by atoms with Crippen molar-refractivity contribution in [1.29, 1.82) is 0 Å². The summed E-state index contributed by atoms with van der Waals surface area (Å²) in [5.74, 6) is -1.49. The van der Waals surface area contributed by atoms with Crippen molar-refractivity contribution < 1.29 is 8.78 Å². The van der Waals surface area contributed by atoms with Crippen LogP contribution in [0.1, 0.15) is 24.8 Å². The number of hydrogen-bond donors (Lipinski definition) is 2. The van der Waals surface area contributed by atoms with Crippen molar-refractivity contribution in [2.45, 2.75) is 19.3 Å². The van der Waals surface area contributed by atoms with Gasteiger partial charge in [-0.2, -0.15) is 0 Å². The van der Waals surface area contributed by atoms with Crippen LogP contribution in [0.2, 0.25) is 0 Å². The van der Waals surface area contributed by atoms with Gasteiger partial charge in [0.25, 0.3) is 0 Å². The summed E-state index contributed by atoms with van der Waals surface area (Å²) in [5.41, 5.74) is 11.5. The predicted molar refractivity (Wildman–Crippen MR) is 61.0 cm³/mol. The molecule has 4 heteroatoms. The quantitative estimate of drug-likeness (QED) is 0.809. The summed E-state index contributed by atoms with van der Waals surface area (Å²) in [6.45, 7) is 2.80. The molecule has 0 heterocycles. The van der Waals surface area contributed by atoms with Crippen molar-refractivity contribution in [1.82, 2.24) is 0 Å². The largest absolute Gasteiger partial charge is 0.330 e. The summed E-state index contributed by atoms with van der Waals surface area (Å²) < 4.78 is 26.5. The zero-order chi connectivity index (χ0) is 12.1. The van der Waals surface area contributed by atoms with Gasteiger partial charge in [-0.25, -0.2) is 8.78 Å². The minimum absolute atomic E-state index is 0.0761. The van der Waals surface area contributed by atoms with E-state index >= 15 is 0 Å². The van der Waals surface area contributed by atoms with Crippen LogP contribution in [0.4, 0.5) is 8.78 Å². The number of halogens is 2. The monoisotopic (exact) mass is 228 g/mol. The van der Waals surface area contributed by atoms with Gasteiger partial charge >= 0.3 is 0 Å². The average Bonchev–Trinajstić information content (AvgIpc) is 2.29. The molecule has 0 bridgehead atoms. The van der Waals surface area contributed by atoms with Gasteiger partial charge in [-0.15, -0.1) is 0 Å². The maximum absolute atomic E-state index is 13.5. The van der Waals surface area contributed by atoms with Gasteiger partial charge < -0.3 is 11.5 Å². The van der Waals surface area contributed by atoms with Gasteiger partial charge in [0.15, 0.2) is 11.6 Å². The third-order valence-corrected chi connectivity index (χ3v) is 2.87. The van der Waals surface area contributed by atoms with E-state index in [4.69, 9.17) is 11.5 Å². The maximum atomic E-state index is 13.5. The molecule has 16 heavy (non-hydrogen) atoms. The fourth-order valence-corrected chi connectivity index (χ4v) is 1.82. The van der Waals surface area contributed by atoms with Crippen LogP contribution in [-0.4, -0.2) is 13.1 Å². The molecule has 0 aliphatic rings. The van der Waals surface area contributed by atoms with Crippen molar-refractivity contribution in [3.63, 3.8) is 0 Å². The van der Waals surface area contributed by atoms with E-state index in [0.29, 0.717) is 25.1 Å². The molecule has 0 aliphatic heterocycles. The van der Waals surface area contributed by atoms with Crippen LogP contribution < -0.4 is 11.5 Å². The summed E-state index contributed by atoms with van der Waals surface area (Å²) in [6, 6.07) is 4.24. The highest BCUT2D eigenvalue weighted by Crippen LogP contribution is 2.26. The zero-order valence-electron chi connectivity index (χ0n) is 9.42. The molecule has 0 radical (unpaired) electrons. The molecule has 0 saturated heterocycles. The van der Waals surface area contributed by atoms with E-state index in [9.17, 15) is 8.78 Å². The first-order valence-electron chi connectivity index (χ1n) is 5.44. The molecule has 1 atom stereocenters. The first-order chi connectivity index (χ1) is 7.60. The minimum atomic E-state index is -0.804. The fraction of sp³-hybridized carbons (Fsp3) is 0.500. The third kappa shape index (κ3) is 3.00. The molecule has 90 valence electrons. The Morgan fingerprint density at radius 3 is 2.38 bits per heavy atom. The van der Waals surface area contributed by atoms with E-state index in [1.54, 1.807) is 6.07 Å². The van der Waals surface area contributed by atoms with Crippen molar-refractivity contribution in [2.24, 2.45) is 17.4 Å². The van der Waals surface area contributed by atoms with Crippen molar-refractivity contribution in [3.8, 4) is 0 Å². The zero-order valence-corrected chi connectivity index (χ0v) is 9.42. The third-order valence-electron chi connectivity index (χ3n) is 2.87. The van der Waals surface area contributed by atoms with E-state index in [1.807, 2.05) is 6.92 Å². The molecule has 0 aliphatic carbocycles. The number of nitrogens with two attached hydrogens (primary N) is 2. The van der Waals surface area contributed by atoms with E-state index in [0.717, 1.165) is 6.07 Å². The smallest absolute Gasteiger partial charge is 0.162 e. The first-order valence-corrected chi connectivity index (χ1v) is 5.44. The lowest BCUT2D eigenvalue weighted by atomic mass is 9.90. The van der Waals surface area contributed by atoms with Gasteiger partial charge in [-0.3, -0.25) is 0 Å². The van der Waals surface area contributed by atoms with Crippen LogP contribution in [0.3, 0.4) is 0 Å². The van der Waals surface area contributed by atoms with Crippen LogP contribution in [0, 0.1) is 17.6 Å². The topological polar surface area (TPSA) is 52.0 Å². The Bertz CT molecular complexity index is 338. The Morgan fingerprint density at radius 2 is 1.81 bits per heavy atom. The summed E-state index contributed by atoms with van der Waals surface area (Å²) in [5, 5.41) is 0. The molecule has 0 saturated carbocycles. The van der Waals surface area contributed by atoms with Crippen LogP contribution in [0.5, 0.6) is 0 Å². The highest BCUT2D eigenvalue weighted by molar-refractivity contribution is 5.22. The Labute approximate surface area is 94.6 Å². The van der Waals surface area contributed by atoms with Crippen LogP contribution in [0.15, 0.2) is 18.2 Å². The number of benzene rings is 1. The van der Waals surface area contributed by atoms with Crippen LogP contribution >= 0.6 is 0 Å². The summed E-state index contributed by atoms with van der Waals surface area (Å²) >= 11 is 0. The molecule has 1 aromatic carbocycles. The Balaban J connectivity index is 2.80. The second kappa shape index (κ2) is 5.92. The van der Waals surface area contributed by atoms with Crippen molar-refractivity contribution in [2.75, 3.05) is 13.1 Å². The van der Waals surface area contributed by atoms with E-state index in [-0.39, 0.29) is 11.8 Å². The molecule has 0 fully saturated rings. The average molecular weight is 228 g/mol. The maximum Gasteiger partial charge on any atom is 0.162 e. The van der Waals surface area contributed by atoms with Gasteiger partial charge in [-0.1, -0.05) is 19.1 Å². The summed E-state index contributed by atoms with van der Waals surface area (Å²) in [6.07, 6.45) is 0.674. The lowest BCUT2D eigenvalue weighted by molar-refractivity contribution is 0.441. The normalized spacial score (nSPS) is 13.1. The van der Waals surface area contributed by atoms with E-state index < -0.39 is 11.6 Å². The highest BCUT2D eigenvalue weighted by atomic mass is 19.2. The second-order valence-electron chi connectivity index (χ2n) is 4.12. The molecule has 1 rings (SSSR count). The van der Waals surface area contributed by atoms with Crippen LogP contribution in [0.25, 0.3) is 0 Å². The molecule has 2 nitrogen and oxygen atoms in total. The van der Waals surface area contributed by atoms with Crippen molar-refractivity contribution >= 4 is 0 Å². The fourth-order valence-electron chi connectivity index (χ4n) is 1.82. The summed E-state index contributed by atoms with van der Waals surface area (Å²) in [7, 11) is 0. The molecule has 4 N–H and O–H groups in total. The molecular weight excluding hydrogens is 210 g/mol. The summed E-state index contributed by atoms with van der Waals surface area (Å²) in [4.78, 5) is 0. The SMILES string of the molecule is CC(CC(CN)CN)c1cccc(F)c1F. The highest BCUT2D eigenvalue weighted by Gasteiger charge is 2.17. The van der Waals surface area contributed by atoms with E-state index in [1.165, 1.54) is 6.07 Å². The van der Waals surface area contributed by atoms with Gasteiger partial charge in [0.05, 0.1) is 0 Å². The second-order valence-corrected chi connectivity index (χ2v) is 4.12. The van der Waals surface area contributed by atoms with Gasteiger partial charge in [0.1, 0.15) is 0 Å². The standard InChI is InChI=1S/C12H18F2N2/c1-8(5-9(6-15)7-16)10-3-2-4-11(13)12(10)14/h2-4,8-9H,5-7,15-16H2,1H3. The number of hydrogen-bond acceptors (Lipinski definition) is 2.